The van der Waals surface area contributed by atoms with Gasteiger partial charge in [0.1, 0.15) is 6.54 Å². The highest BCUT2D eigenvalue weighted by Gasteiger charge is 2.13. The van der Waals surface area contributed by atoms with Gasteiger partial charge in [-0.15, -0.1) is 0 Å². The monoisotopic (exact) mass is 385 g/mol. The van der Waals surface area contributed by atoms with Crippen molar-refractivity contribution in [1.29, 1.82) is 0 Å². The van der Waals surface area contributed by atoms with Gasteiger partial charge in [-0.05, 0) is 44.2 Å². The number of H-pyrrole nitrogens is 1. The largest absolute Gasteiger partial charge is 0.454 e. The molecule has 1 heterocycles. The summed E-state index contributed by atoms with van der Waals surface area (Å²) in [6.07, 6.45) is 7.60. The molecule has 0 spiro atoms. The highest BCUT2D eigenvalue weighted by molar-refractivity contribution is 5.81. The number of ether oxygens (including phenoxy) is 1. The van der Waals surface area contributed by atoms with Crippen molar-refractivity contribution in [2.24, 2.45) is 0 Å². The highest BCUT2D eigenvalue weighted by Crippen LogP contribution is 2.19. The number of fused-ring (bicyclic) bond motifs is 1. The molecule has 2 N–H and O–H groups in total. The number of para-hydroxylation sites is 2. The molecule has 1 aliphatic rings. The molecule has 0 radical (unpaired) electrons. The van der Waals surface area contributed by atoms with Gasteiger partial charge in [0.15, 0.2) is 6.61 Å². The maximum atomic E-state index is 12.1. The van der Waals surface area contributed by atoms with Gasteiger partial charge in [-0.25, -0.2) is 0 Å². The van der Waals surface area contributed by atoms with Crippen LogP contribution in [0.15, 0.2) is 45.5 Å². The van der Waals surface area contributed by atoms with E-state index in [1.165, 1.54) is 18.4 Å². The Morgan fingerprint density at radius 1 is 1.18 bits per heavy atom. The summed E-state index contributed by atoms with van der Waals surface area (Å²) >= 11 is 0. The molecule has 0 fully saturated rings. The molecule has 148 valence electrons. The summed E-state index contributed by atoms with van der Waals surface area (Å²) < 4.78 is 6.00. The molecule has 28 heavy (non-hydrogen) atoms. The smallest absolute Gasteiger partial charge is 0.326 e. The van der Waals surface area contributed by atoms with Crippen LogP contribution in [0.25, 0.3) is 11.0 Å². The van der Waals surface area contributed by atoms with Gasteiger partial charge in [0.05, 0.1) is 11.0 Å². The molecule has 0 atom stereocenters. The average Bonchev–Trinajstić information content (AvgIpc) is 2.70. The van der Waals surface area contributed by atoms with Crippen LogP contribution in [0.1, 0.15) is 32.1 Å². The van der Waals surface area contributed by atoms with E-state index >= 15 is 0 Å². The van der Waals surface area contributed by atoms with Crippen LogP contribution in [0.3, 0.4) is 0 Å². The Kier molecular flexibility index (Phi) is 6.41. The normalized spacial score (nSPS) is 13.8. The Labute approximate surface area is 161 Å². The molecule has 0 aliphatic heterocycles. The number of allylic oxidation sites excluding steroid dienone is 1. The molecule has 1 aromatic carbocycles. The van der Waals surface area contributed by atoms with Gasteiger partial charge in [0.25, 0.3) is 5.91 Å². The predicted molar refractivity (Wildman–Crippen MR) is 104 cm³/mol. The summed E-state index contributed by atoms with van der Waals surface area (Å²) in [5, 5.41) is 2.72. The molecule has 0 saturated heterocycles. The maximum Gasteiger partial charge on any atom is 0.326 e. The molecule has 8 nitrogen and oxygen atoms in total. The molecule has 1 aromatic heterocycles. The van der Waals surface area contributed by atoms with Crippen LogP contribution in [0, 0.1) is 0 Å². The number of hydrogen-bond donors (Lipinski definition) is 2. The Hall–Kier alpha value is -3.16. The number of esters is 1. The highest BCUT2D eigenvalue weighted by atomic mass is 16.5. The van der Waals surface area contributed by atoms with Crippen molar-refractivity contribution in [2.45, 2.75) is 38.6 Å². The van der Waals surface area contributed by atoms with Gasteiger partial charge >= 0.3 is 17.1 Å². The molecule has 0 saturated carbocycles. The van der Waals surface area contributed by atoms with Crippen molar-refractivity contribution in [3.63, 3.8) is 0 Å². The topological polar surface area (TPSA) is 110 Å². The second-order valence-corrected chi connectivity index (χ2v) is 6.73. The van der Waals surface area contributed by atoms with E-state index in [2.05, 4.69) is 16.4 Å². The fraction of sp³-hybridized carbons (Fsp3) is 0.400. The lowest BCUT2D eigenvalue weighted by Gasteiger charge is -2.13. The van der Waals surface area contributed by atoms with E-state index in [0.717, 1.165) is 23.8 Å². The summed E-state index contributed by atoms with van der Waals surface area (Å²) in [6.45, 7) is -0.364. The molecular weight excluding hydrogens is 362 g/mol. The fourth-order valence-electron chi connectivity index (χ4n) is 3.25. The summed E-state index contributed by atoms with van der Waals surface area (Å²) in [7, 11) is 0. The third-order valence-electron chi connectivity index (χ3n) is 4.69. The van der Waals surface area contributed by atoms with E-state index in [0.29, 0.717) is 17.6 Å². The predicted octanol–water partition coefficient (Wildman–Crippen LogP) is 1.24. The molecule has 1 aliphatic carbocycles. The van der Waals surface area contributed by atoms with Gasteiger partial charge in [0, 0.05) is 6.54 Å². The summed E-state index contributed by atoms with van der Waals surface area (Å²) in [5.41, 5.74) is 0.537. The first kappa shape index (κ1) is 19.6. The lowest BCUT2D eigenvalue weighted by molar-refractivity contribution is -0.149. The van der Waals surface area contributed by atoms with Gasteiger partial charge in [0.2, 0.25) is 0 Å². The van der Waals surface area contributed by atoms with E-state index < -0.39 is 36.1 Å². The minimum Gasteiger partial charge on any atom is -0.454 e. The second-order valence-electron chi connectivity index (χ2n) is 6.73. The van der Waals surface area contributed by atoms with Crippen molar-refractivity contribution < 1.29 is 14.3 Å². The number of nitrogens with one attached hydrogen (secondary N) is 2. The fourth-order valence-corrected chi connectivity index (χ4v) is 3.25. The number of aromatic amines is 1. The second kappa shape index (κ2) is 9.16. The van der Waals surface area contributed by atoms with Gasteiger partial charge in [-0.3, -0.25) is 23.7 Å². The Balaban J connectivity index is 1.52. The number of benzene rings is 1. The molecule has 1 amide bonds. The summed E-state index contributed by atoms with van der Waals surface area (Å²) in [5.74, 6) is -1.16. The van der Waals surface area contributed by atoms with Crippen LogP contribution >= 0.6 is 0 Å². The van der Waals surface area contributed by atoms with Crippen LogP contribution in [0.4, 0.5) is 0 Å². The number of carbonyl (C=O) groups excluding carboxylic acids is 2. The lowest BCUT2D eigenvalue weighted by Crippen LogP contribution is -2.38. The minimum atomic E-state index is -0.846. The zero-order valence-corrected chi connectivity index (χ0v) is 15.5. The molecular formula is C20H23N3O5. The van der Waals surface area contributed by atoms with Gasteiger partial charge in [-0.1, -0.05) is 23.8 Å². The molecule has 0 unspecified atom stereocenters. The standard InChI is InChI=1S/C20H23N3O5/c24-17(21-11-10-14-6-2-1-3-7-14)13-28-18(25)12-23-16-9-5-4-8-15(16)22-19(26)20(23)27/h4-6,8-9H,1-3,7,10-13H2,(H,21,24)(H,22,26). The van der Waals surface area contributed by atoms with E-state index in [4.69, 9.17) is 4.74 Å². The van der Waals surface area contributed by atoms with Gasteiger partial charge < -0.3 is 15.0 Å². The van der Waals surface area contributed by atoms with Gasteiger partial charge in [-0.2, -0.15) is 0 Å². The van der Waals surface area contributed by atoms with E-state index in [9.17, 15) is 19.2 Å². The number of aromatic nitrogens is 2. The molecule has 3 rings (SSSR count). The number of carbonyl (C=O) groups is 2. The van der Waals surface area contributed by atoms with Crippen LogP contribution in [-0.4, -0.2) is 34.6 Å². The van der Waals surface area contributed by atoms with Crippen LogP contribution in [-0.2, 0) is 20.9 Å². The Bertz CT molecular complexity index is 1020. The average molecular weight is 385 g/mol. The zero-order chi connectivity index (χ0) is 19.9. The summed E-state index contributed by atoms with van der Waals surface area (Å²) in [6, 6.07) is 6.65. The molecule has 8 heteroatoms. The van der Waals surface area contributed by atoms with E-state index in [1.54, 1.807) is 24.3 Å². The van der Waals surface area contributed by atoms with E-state index in [1.807, 2.05) is 0 Å². The van der Waals surface area contributed by atoms with Crippen molar-refractivity contribution in [2.75, 3.05) is 13.2 Å². The quantitative estimate of drug-likeness (QED) is 0.423. The minimum absolute atomic E-state index is 0.395. The van der Waals surface area contributed by atoms with Crippen molar-refractivity contribution in [3.05, 3.63) is 56.6 Å². The number of hydrogen-bond acceptors (Lipinski definition) is 5. The third-order valence-corrected chi connectivity index (χ3v) is 4.69. The number of amides is 1. The van der Waals surface area contributed by atoms with Crippen LogP contribution < -0.4 is 16.4 Å². The third kappa shape index (κ3) is 4.97. The lowest BCUT2D eigenvalue weighted by atomic mass is 9.97. The maximum absolute atomic E-state index is 12.1. The number of rotatable bonds is 7. The van der Waals surface area contributed by atoms with Crippen LogP contribution in [0.5, 0.6) is 0 Å². The first-order valence-corrected chi connectivity index (χ1v) is 9.36. The zero-order valence-electron chi connectivity index (χ0n) is 15.5. The van der Waals surface area contributed by atoms with Crippen molar-refractivity contribution in [1.82, 2.24) is 14.9 Å². The molecule has 0 bridgehead atoms. The SMILES string of the molecule is O=C(COC(=O)Cn1c(=O)c(=O)[nH]c2ccccc21)NCCC1=CCCCC1. The van der Waals surface area contributed by atoms with Crippen molar-refractivity contribution >= 4 is 22.9 Å². The first-order chi connectivity index (χ1) is 13.5. The van der Waals surface area contributed by atoms with Crippen molar-refractivity contribution in [3.8, 4) is 0 Å². The summed E-state index contributed by atoms with van der Waals surface area (Å²) in [4.78, 5) is 50.2. The molecule has 2 aromatic rings. The Morgan fingerprint density at radius 3 is 2.79 bits per heavy atom. The van der Waals surface area contributed by atoms with E-state index in [-0.39, 0.29) is 0 Å². The Morgan fingerprint density at radius 2 is 2.00 bits per heavy atom. The van der Waals surface area contributed by atoms with Crippen LogP contribution in [0.2, 0.25) is 0 Å². The first-order valence-electron chi connectivity index (χ1n) is 9.36. The number of nitrogens with zero attached hydrogens (tertiary/aromatic N) is 1.